The normalized spacial score (nSPS) is 11.8. The van der Waals surface area contributed by atoms with Gasteiger partial charge in [-0.3, -0.25) is 0 Å². The van der Waals surface area contributed by atoms with Crippen LogP contribution in [0, 0.1) is 5.82 Å². The Labute approximate surface area is 176 Å². The second kappa shape index (κ2) is 8.06. The molecule has 3 aromatic carbocycles. The SMILES string of the molecule is O=S(=O)(NCCn1c(-c2ccc(F)cc2)nc2ccccc21)c1ccc(Br)cc1. The van der Waals surface area contributed by atoms with Gasteiger partial charge in [0.15, 0.2) is 0 Å². The predicted molar refractivity (Wildman–Crippen MR) is 114 cm³/mol. The summed E-state index contributed by atoms with van der Waals surface area (Å²) in [6.07, 6.45) is 0. The maximum absolute atomic E-state index is 13.3. The number of nitrogens with zero attached hydrogens (tertiary/aromatic N) is 2. The van der Waals surface area contributed by atoms with Gasteiger partial charge in [0, 0.05) is 23.1 Å². The molecule has 4 rings (SSSR count). The summed E-state index contributed by atoms with van der Waals surface area (Å²) in [5, 5.41) is 0. The van der Waals surface area contributed by atoms with Gasteiger partial charge in [-0.1, -0.05) is 28.1 Å². The standard InChI is InChI=1S/C21H17BrFN3O2S/c22-16-7-11-18(12-8-16)29(27,28)24-13-14-26-20-4-2-1-3-19(20)25-21(26)15-5-9-17(23)10-6-15/h1-12,24H,13-14H2. The van der Waals surface area contributed by atoms with Crippen LogP contribution in [-0.2, 0) is 16.6 Å². The Balaban J connectivity index is 1.61. The van der Waals surface area contributed by atoms with Crippen molar-refractivity contribution in [1.29, 1.82) is 0 Å². The van der Waals surface area contributed by atoms with E-state index in [9.17, 15) is 12.8 Å². The van der Waals surface area contributed by atoms with Gasteiger partial charge in [-0.05, 0) is 60.7 Å². The van der Waals surface area contributed by atoms with Gasteiger partial charge in [0.2, 0.25) is 10.0 Å². The fourth-order valence-corrected chi connectivity index (χ4v) is 4.40. The van der Waals surface area contributed by atoms with Gasteiger partial charge < -0.3 is 4.57 Å². The zero-order chi connectivity index (χ0) is 20.4. The summed E-state index contributed by atoms with van der Waals surface area (Å²) in [6.45, 7) is 0.565. The molecule has 5 nitrogen and oxygen atoms in total. The van der Waals surface area contributed by atoms with Crippen molar-refractivity contribution in [2.75, 3.05) is 6.54 Å². The van der Waals surface area contributed by atoms with Gasteiger partial charge in [-0.2, -0.15) is 0 Å². The first-order valence-electron chi connectivity index (χ1n) is 8.90. The molecule has 0 bridgehead atoms. The summed E-state index contributed by atoms with van der Waals surface area (Å²) in [5.74, 6) is 0.340. The van der Waals surface area contributed by atoms with Crippen LogP contribution in [0.1, 0.15) is 0 Å². The lowest BCUT2D eigenvalue weighted by Gasteiger charge is -2.11. The smallest absolute Gasteiger partial charge is 0.240 e. The molecule has 0 radical (unpaired) electrons. The number of nitrogens with one attached hydrogen (secondary N) is 1. The van der Waals surface area contributed by atoms with E-state index in [1.54, 1.807) is 36.4 Å². The van der Waals surface area contributed by atoms with E-state index in [4.69, 9.17) is 0 Å². The van der Waals surface area contributed by atoms with E-state index in [2.05, 4.69) is 25.6 Å². The second-order valence-corrected chi connectivity index (χ2v) is 9.12. The molecule has 148 valence electrons. The molecule has 1 heterocycles. The lowest BCUT2D eigenvalue weighted by molar-refractivity contribution is 0.574. The molecule has 0 atom stereocenters. The number of imidazole rings is 1. The number of para-hydroxylation sites is 2. The van der Waals surface area contributed by atoms with E-state index in [1.165, 1.54) is 12.1 Å². The number of fused-ring (bicyclic) bond motifs is 1. The van der Waals surface area contributed by atoms with E-state index in [0.29, 0.717) is 12.4 Å². The molecule has 1 N–H and O–H groups in total. The van der Waals surface area contributed by atoms with E-state index in [1.807, 2.05) is 28.8 Å². The van der Waals surface area contributed by atoms with E-state index in [-0.39, 0.29) is 17.3 Å². The maximum atomic E-state index is 13.3. The Hall–Kier alpha value is -2.55. The summed E-state index contributed by atoms with van der Waals surface area (Å²) in [4.78, 5) is 4.86. The van der Waals surface area contributed by atoms with Gasteiger partial charge in [0.25, 0.3) is 0 Å². The minimum absolute atomic E-state index is 0.187. The van der Waals surface area contributed by atoms with Crippen molar-refractivity contribution in [3.63, 3.8) is 0 Å². The maximum Gasteiger partial charge on any atom is 0.240 e. The van der Waals surface area contributed by atoms with Gasteiger partial charge >= 0.3 is 0 Å². The largest absolute Gasteiger partial charge is 0.323 e. The topological polar surface area (TPSA) is 64.0 Å². The zero-order valence-electron chi connectivity index (χ0n) is 15.2. The van der Waals surface area contributed by atoms with Crippen molar-refractivity contribution in [3.8, 4) is 11.4 Å². The Bertz CT molecular complexity index is 1250. The number of hydrogen-bond donors (Lipinski definition) is 1. The van der Waals surface area contributed by atoms with Crippen LogP contribution in [0.5, 0.6) is 0 Å². The van der Waals surface area contributed by atoms with E-state index in [0.717, 1.165) is 21.1 Å². The van der Waals surface area contributed by atoms with Crippen LogP contribution >= 0.6 is 15.9 Å². The van der Waals surface area contributed by atoms with Crippen LogP contribution < -0.4 is 4.72 Å². The minimum atomic E-state index is -3.62. The molecule has 1 aromatic heterocycles. The molecule has 0 unspecified atom stereocenters. The number of sulfonamides is 1. The first kappa shape index (κ1) is 19.8. The molecule has 0 saturated carbocycles. The lowest BCUT2D eigenvalue weighted by atomic mass is 10.2. The first-order chi connectivity index (χ1) is 13.9. The molecule has 0 fully saturated rings. The third-order valence-corrected chi connectivity index (χ3v) is 6.51. The van der Waals surface area contributed by atoms with Crippen molar-refractivity contribution in [2.24, 2.45) is 0 Å². The number of hydrogen-bond acceptors (Lipinski definition) is 3. The molecule has 4 aromatic rings. The highest BCUT2D eigenvalue weighted by atomic mass is 79.9. The molecule has 0 spiro atoms. The van der Waals surface area contributed by atoms with Crippen molar-refractivity contribution < 1.29 is 12.8 Å². The Morgan fingerprint density at radius 3 is 2.38 bits per heavy atom. The van der Waals surface area contributed by atoms with Gasteiger partial charge in [-0.15, -0.1) is 0 Å². The highest BCUT2D eigenvalue weighted by Crippen LogP contribution is 2.25. The van der Waals surface area contributed by atoms with Crippen LogP contribution in [0.3, 0.4) is 0 Å². The molecule has 0 saturated heterocycles. The molecule has 29 heavy (non-hydrogen) atoms. The molecular weight excluding hydrogens is 457 g/mol. The third-order valence-electron chi connectivity index (χ3n) is 4.51. The van der Waals surface area contributed by atoms with Crippen LogP contribution in [0.4, 0.5) is 4.39 Å². The summed E-state index contributed by atoms with van der Waals surface area (Å²) in [5.41, 5.74) is 2.44. The fourth-order valence-electron chi connectivity index (χ4n) is 3.11. The summed E-state index contributed by atoms with van der Waals surface area (Å²) >= 11 is 3.30. The van der Waals surface area contributed by atoms with Crippen molar-refractivity contribution >= 4 is 37.0 Å². The van der Waals surface area contributed by atoms with Crippen LogP contribution in [0.15, 0.2) is 82.2 Å². The Kier molecular flexibility index (Phi) is 5.49. The summed E-state index contributed by atoms with van der Waals surface area (Å²) < 4.78 is 43.8. The number of halogens is 2. The average molecular weight is 474 g/mol. The second-order valence-electron chi connectivity index (χ2n) is 6.43. The molecule has 0 aliphatic rings. The van der Waals surface area contributed by atoms with Crippen LogP contribution in [0.25, 0.3) is 22.4 Å². The van der Waals surface area contributed by atoms with E-state index >= 15 is 0 Å². The van der Waals surface area contributed by atoms with Crippen LogP contribution in [0.2, 0.25) is 0 Å². The van der Waals surface area contributed by atoms with Gasteiger partial charge in [-0.25, -0.2) is 22.5 Å². The number of rotatable bonds is 6. The summed E-state index contributed by atoms with van der Waals surface area (Å²) in [7, 11) is -3.62. The highest BCUT2D eigenvalue weighted by molar-refractivity contribution is 9.10. The van der Waals surface area contributed by atoms with Crippen molar-refractivity contribution in [3.05, 3.63) is 83.1 Å². The zero-order valence-corrected chi connectivity index (χ0v) is 17.6. The number of aromatic nitrogens is 2. The molecule has 0 aliphatic carbocycles. The summed E-state index contributed by atoms with van der Waals surface area (Å²) in [6, 6.07) is 20.2. The number of benzene rings is 3. The first-order valence-corrected chi connectivity index (χ1v) is 11.2. The molecule has 8 heteroatoms. The predicted octanol–water partition coefficient (Wildman–Crippen LogP) is 4.58. The quantitative estimate of drug-likeness (QED) is 0.445. The lowest BCUT2D eigenvalue weighted by Crippen LogP contribution is -2.27. The minimum Gasteiger partial charge on any atom is -0.323 e. The van der Waals surface area contributed by atoms with Gasteiger partial charge in [0.1, 0.15) is 11.6 Å². The average Bonchev–Trinajstić information content (AvgIpc) is 3.07. The van der Waals surface area contributed by atoms with Crippen molar-refractivity contribution in [1.82, 2.24) is 14.3 Å². The fraction of sp³-hybridized carbons (Fsp3) is 0.0952. The monoisotopic (exact) mass is 473 g/mol. The van der Waals surface area contributed by atoms with Crippen LogP contribution in [-0.4, -0.2) is 24.5 Å². The Morgan fingerprint density at radius 1 is 0.966 bits per heavy atom. The molecular formula is C21H17BrFN3O2S. The van der Waals surface area contributed by atoms with Crippen molar-refractivity contribution in [2.45, 2.75) is 11.4 Å². The Morgan fingerprint density at radius 2 is 1.66 bits per heavy atom. The molecule has 0 aliphatic heterocycles. The highest BCUT2D eigenvalue weighted by Gasteiger charge is 2.16. The van der Waals surface area contributed by atoms with Gasteiger partial charge in [0.05, 0.1) is 15.9 Å². The molecule has 0 amide bonds. The van der Waals surface area contributed by atoms with E-state index < -0.39 is 10.0 Å². The third kappa shape index (κ3) is 4.24.